The van der Waals surface area contributed by atoms with Crippen molar-refractivity contribution in [3.8, 4) is 0 Å². The van der Waals surface area contributed by atoms with Crippen LogP contribution in [0.1, 0.15) is 27.7 Å². The molecule has 10 nitrogen and oxygen atoms in total. The summed E-state index contributed by atoms with van der Waals surface area (Å²) in [5.41, 5.74) is 0.270. The lowest BCUT2D eigenvalue weighted by molar-refractivity contribution is -0.120. The number of alkyl carbamates (subject to hydrolysis) is 1. The predicted molar refractivity (Wildman–Crippen MR) is 107 cm³/mol. The number of amides is 2. The number of aryl methyl sites for hydroxylation is 1. The van der Waals surface area contributed by atoms with Gasteiger partial charge in [-0.3, -0.25) is 14.5 Å². The number of nitrogens with zero attached hydrogens (tertiary/aromatic N) is 5. The van der Waals surface area contributed by atoms with Crippen LogP contribution >= 0.6 is 0 Å². The molecule has 0 radical (unpaired) electrons. The SMILES string of the molecule is CCNC(=NCCNC(=O)OC(C)(C)C)N1CCN(c2cnn(C)c2)C(=O)C1. The first-order valence-electron chi connectivity index (χ1n) is 9.48. The minimum atomic E-state index is -0.531. The van der Waals surface area contributed by atoms with Crippen molar-refractivity contribution in [3.63, 3.8) is 0 Å². The predicted octanol–water partition coefficient (Wildman–Crippen LogP) is 0.559. The second-order valence-corrected chi connectivity index (χ2v) is 7.50. The minimum Gasteiger partial charge on any atom is -0.444 e. The number of piperazine rings is 1. The van der Waals surface area contributed by atoms with Crippen LogP contribution in [0, 0.1) is 0 Å². The third-order valence-electron chi connectivity index (χ3n) is 3.90. The van der Waals surface area contributed by atoms with Gasteiger partial charge in [-0.25, -0.2) is 4.79 Å². The molecule has 1 aromatic heterocycles. The summed E-state index contributed by atoms with van der Waals surface area (Å²) in [6, 6.07) is 0. The van der Waals surface area contributed by atoms with Gasteiger partial charge in [0, 0.05) is 39.4 Å². The Morgan fingerprint density at radius 1 is 1.32 bits per heavy atom. The Hall–Kier alpha value is -2.78. The number of carbonyl (C=O) groups is 2. The van der Waals surface area contributed by atoms with Crippen molar-refractivity contribution >= 4 is 23.6 Å². The number of hydrogen-bond donors (Lipinski definition) is 2. The molecule has 2 N–H and O–H groups in total. The topological polar surface area (TPSA) is 104 Å². The van der Waals surface area contributed by atoms with E-state index in [-0.39, 0.29) is 12.5 Å². The lowest BCUT2D eigenvalue weighted by atomic mass is 10.2. The number of anilines is 1. The summed E-state index contributed by atoms with van der Waals surface area (Å²) in [5.74, 6) is 0.657. The van der Waals surface area contributed by atoms with Gasteiger partial charge in [0.1, 0.15) is 12.1 Å². The van der Waals surface area contributed by atoms with Crippen LogP contribution in [0.4, 0.5) is 10.5 Å². The van der Waals surface area contributed by atoms with E-state index in [1.54, 1.807) is 15.8 Å². The quantitative estimate of drug-likeness (QED) is 0.430. The van der Waals surface area contributed by atoms with E-state index in [1.807, 2.05) is 45.8 Å². The second-order valence-electron chi connectivity index (χ2n) is 7.50. The molecule has 1 aromatic rings. The van der Waals surface area contributed by atoms with Gasteiger partial charge in [-0.1, -0.05) is 0 Å². The molecule has 1 saturated heterocycles. The molecule has 1 aliphatic rings. The summed E-state index contributed by atoms with van der Waals surface area (Å²) in [6.07, 6.45) is 3.05. The molecule has 0 unspecified atom stereocenters. The second kappa shape index (κ2) is 9.43. The largest absolute Gasteiger partial charge is 0.444 e. The fraction of sp³-hybridized carbons (Fsp3) is 0.667. The first-order valence-corrected chi connectivity index (χ1v) is 9.48. The number of nitrogens with one attached hydrogen (secondary N) is 2. The fourth-order valence-electron chi connectivity index (χ4n) is 2.73. The molecule has 0 spiro atoms. The molecule has 0 aliphatic carbocycles. The zero-order valence-electron chi connectivity index (χ0n) is 17.4. The van der Waals surface area contributed by atoms with E-state index in [2.05, 4.69) is 20.7 Å². The molecule has 1 aliphatic heterocycles. The highest BCUT2D eigenvalue weighted by Crippen LogP contribution is 2.16. The van der Waals surface area contributed by atoms with Gasteiger partial charge in [-0.15, -0.1) is 0 Å². The minimum absolute atomic E-state index is 0.00302. The van der Waals surface area contributed by atoms with E-state index in [0.29, 0.717) is 38.7 Å². The number of hydrogen-bond acceptors (Lipinski definition) is 5. The summed E-state index contributed by atoms with van der Waals surface area (Å²) >= 11 is 0. The van der Waals surface area contributed by atoms with E-state index >= 15 is 0 Å². The maximum atomic E-state index is 12.6. The zero-order chi connectivity index (χ0) is 20.7. The van der Waals surface area contributed by atoms with Crippen LogP contribution < -0.4 is 15.5 Å². The molecule has 28 heavy (non-hydrogen) atoms. The van der Waals surface area contributed by atoms with Crippen molar-refractivity contribution in [2.75, 3.05) is 44.2 Å². The monoisotopic (exact) mass is 393 g/mol. The Morgan fingerprint density at radius 2 is 2.07 bits per heavy atom. The molecule has 0 aromatic carbocycles. The first kappa shape index (κ1) is 21.5. The van der Waals surface area contributed by atoms with Gasteiger partial charge in [0.25, 0.3) is 0 Å². The molecule has 0 atom stereocenters. The van der Waals surface area contributed by atoms with Gasteiger partial charge in [-0.05, 0) is 27.7 Å². The third kappa shape index (κ3) is 6.43. The Balaban J connectivity index is 1.88. The Kier molecular flexibility index (Phi) is 7.24. The van der Waals surface area contributed by atoms with Crippen LogP contribution in [-0.4, -0.2) is 77.5 Å². The van der Waals surface area contributed by atoms with E-state index in [9.17, 15) is 9.59 Å². The lowest BCUT2D eigenvalue weighted by Gasteiger charge is -2.35. The summed E-state index contributed by atoms with van der Waals surface area (Å²) in [4.78, 5) is 32.4. The van der Waals surface area contributed by atoms with Crippen molar-refractivity contribution in [1.82, 2.24) is 25.3 Å². The average Bonchev–Trinajstić information content (AvgIpc) is 3.02. The van der Waals surface area contributed by atoms with Crippen molar-refractivity contribution in [2.24, 2.45) is 12.0 Å². The summed E-state index contributed by atoms with van der Waals surface area (Å²) < 4.78 is 6.88. The first-order chi connectivity index (χ1) is 13.2. The van der Waals surface area contributed by atoms with Crippen LogP contribution in [0.5, 0.6) is 0 Å². The zero-order valence-corrected chi connectivity index (χ0v) is 17.4. The Labute approximate surface area is 165 Å². The molecule has 0 saturated carbocycles. The summed E-state index contributed by atoms with van der Waals surface area (Å²) in [5, 5.41) is 10.0. The van der Waals surface area contributed by atoms with Crippen molar-refractivity contribution in [1.29, 1.82) is 0 Å². The molecule has 2 heterocycles. The van der Waals surface area contributed by atoms with Gasteiger partial charge < -0.3 is 25.2 Å². The number of aromatic nitrogens is 2. The number of ether oxygens (including phenoxy) is 1. The van der Waals surface area contributed by atoms with E-state index in [4.69, 9.17) is 4.74 Å². The van der Waals surface area contributed by atoms with Gasteiger partial charge in [0.2, 0.25) is 5.91 Å². The highest BCUT2D eigenvalue weighted by molar-refractivity contribution is 5.98. The molecule has 1 fully saturated rings. The molecule has 0 bridgehead atoms. The average molecular weight is 393 g/mol. The number of carbonyl (C=O) groups excluding carboxylic acids is 2. The van der Waals surface area contributed by atoms with Crippen LogP contribution in [0.15, 0.2) is 17.4 Å². The number of guanidine groups is 1. The lowest BCUT2D eigenvalue weighted by Crippen LogP contribution is -2.55. The maximum absolute atomic E-state index is 12.6. The smallest absolute Gasteiger partial charge is 0.407 e. The molecule has 156 valence electrons. The molecular formula is C18H31N7O3. The number of aliphatic imine (C=N–C) groups is 1. The highest BCUT2D eigenvalue weighted by atomic mass is 16.6. The van der Waals surface area contributed by atoms with Crippen molar-refractivity contribution < 1.29 is 14.3 Å². The van der Waals surface area contributed by atoms with Crippen LogP contribution in [0.25, 0.3) is 0 Å². The maximum Gasteiger partial charge on any atom is 0.407 e. The van der Waals surface area contributed by atoms with E-state index in [1.165, 1.54) is 0 Å². The summed E-state index contributed by atoms with van der Waals surface area (Å²) in [7, 11) is 1.82. The Morgan fingerprint density at radius 3 is 2.64 bits per heavy atom. The standard InChI is InChI=1S/C18H31N7O3/c1-6-19-16(20-7-8-21-17(27)28-18(2,3)4)24-9-10-25(15(26)13-24)14-11-22-23(5)12-14/h11-12H,6-10,13H2,1-5H3,(H,19,20)(H,21,27). The molecule has 10 heteroatoms. The van der Waals surface area contributed by atoms with Crippen LogP contribution in [0.3, 0.4) is 0 Å². The Bertz CT molecular complexity index is 708. The summed E-state index contributed by atoms with van der Waals surface area (Å²) in [6.45, 7) is 10.3. The van der Waals surface area contributed by atoms with Crippen molar-refractivity contribution in [2.45, 2.75) is 33.3 Å². The molecule has 2 rings (SSSR count). The van der Waals surface area contributed by atoms with E-state index in [0.717, 1.165) is 5.69 Å². The van der Waals surface area contributed by atoms with Gasteiger partial charge in [0.15, 0.2) is 5.96 Å². The van der Waals surface area contributed by atoms with Gasteiger partial charge in [0.05, 0.1) is 18.4 Å². The number of rotatable bonds is 5. The fourth-order valence-corrected chi connectivity index (χ4v) is 2.73. The van der Waals surface area contributed by atoms with Crippen LogP contribution in [-0.2, 0) is 16.6 Å². The highest BCUT2D eigenvalue weighted by Gasteiger charge is 2.27. The third-order valence-corrected chi connectivity index (χ3v) is 3.90. The normalized spacial score (nSPS) is 15.6. The van der Waals surface area contributed by atoms with Gasteiger partial charge >= 0.3 is 6.09 Å². The van der Waals surface area contributed by atoms with Crippen molar-refractivity contribution in [3.05, 3.63) is 12.4 Å². The molecular weight excluding hydrogens is 362 g/mol. The molecule has 2 amide bonds. The van der Waals surface area contributed by atoms with E-state index < -0.39 is 11.7 Å². The van der Waals surface area contributed by atoms with Crippen LogP contribution in [0.2, 0.25) is 0 Å². The van der Waals surface area contributed by atoms with Gasteiger partial charge in [-0.2, -0.15) is 5.10 Å².